The molecule has 0 bridgehead atoms. The number of carboxylic acid groups (broad SMARTS) is 1. The molecule has 2 aliphatic rings. The maximum absolute atomic E-state index is 12.2. The normalized spacial score (nSPS) is 18.7. The first-order valence-corrected chi connectivity index (χ1v) is 17.2. The molecule has 5 N–H and O–H groups in total. The Morgan fingerprint density at radius 1 is 0.660 bits per heavy atom. The number of rotatable bonds is 14. The maximum atomic E-state index is 12.2. The Kier molecular flexibility index (Phi) is 26.6. The van der Waals surface area contributed by atoms with Gasteiger partial charge in [0.1, 0.15) is 0 Å². The predicted octanol–water partition coefficient (Wildman–Crippen LogP) is 4.82. The van der Waals surface area contributed by atoms with Gasteiger partial charge in [0.25, 0.3) is 0 Å². The Morgan fingerprint density at radius 3 is 1.34 bits per heavy atom. The SMILES string of the molecule is CC(C)[C@@H](N)C(=O)N[C@@H](C)C1CCCCC1.CC(C)[C@@H](N=CB=O)C(=O)N[C@@H](C)C1CCCCC1.CC(C)[C@@H](N=CB=O)C(=O)O.Cl. The van der Waals surface area contributed by atoms with Crippen molar-refractivity contribution in [3.05, 3.63) is 0 Å². The summed E-state index contributed by atoms with van der Waals surface area (Å²) in [4.78, 5) is 42.0. The molecule has 2 saturated carbocycles. The fourth-order valence-electron chi connectivity index (χ4n) is 5.76. The summed E-state index contributed by atoms with van der Waals surface area (Å²) in [5.41, 5.74) is 5.83. The average Bonchev–Trinajstić information content (AvgIpc) is 3.01. The Bertz CT molecular complexity index is 973. The Balaban J connectivity index is 0. The first-order valence-electron chi connectivity index (χ1n) is 17.2. The van der Waals surface area contributed by atoms with Crippen molar-refractivity contribution < 1.29 is 28.9 Å². The van der Waals surface area contributed by atoms with E-state index >= 15 is 0 Å². The van der Waals surface area contributed by atoms with E-state index in [1.807, 2.05) is 27.7 Å². The van der Waals surface area contributed by atoms with Gasteiger partial charge in [-0.3, -0.25) is 4.79 Å². The van der Waals surface area contributed by atoms with Crippen LogP contribution in [0, 0.1) is 29.6 Å². The number of halogens is 1. The fourth-order valence-corrected chi connectivity index (χ4v) is 5.76. The molecule has 0 aromatic rings. The molecule has 0 spiro atoms. The van der Waals surface area contributed by atoms with Crippen LogP contribution in [0.5, 0.6) is 0 Å². The van der Waals surface area contributed by atoms with E-state index in [2.05, 4.69) is 34.5 Å². The molecule has 2 amide bonds. The number of hydrogen-bond acceptors (Lipinski definition) is 8. The smallest absolute Gasteiger partial charge is 0.147 e. The summed E-state index contributed by atoms with van der Waals surface area (Å²) in [5.74, 6) is 0.381. The molecule has 0 unspecified atom stereocenters. The number of carbonyl (C=O) groups excluding carboxylic acids is 2. The summed E-state index contributed by atoms with van der Waals surface area (Å²) in [6.07, 6.45) is 14.9. The molecule has 2 fully saturated rings. The summed E-state index contributed by atoms with van der Waals surface area (Å²) in [6, 6.07) is -1.17. The molecular formula is C33H62B2ClN5O6. The molecule has 0 heterocycles. The van der Waals surface area contributed by atoms with Crippen LogP contribution in [0.1, 0.15) is 120 Å². The van der Waals surface area contributed by atoms with Crippen molar-refractivity contribution in [1.29, 1.82) is 0 Å². The van der Waals surface area contributed by atoms with Crippen LogP contribution in [0.2, 0.25) is 0 Å². The van der Waals surface area contributed by atoms with Gasteiger partial charge in [-0.05, 0) is 31.6 Å². The van der Waals surface area contributed by atoms with Crippen molar-refractivity contribution in [2.45, 2.75) is 150 Å². The van der Waals surface area contributed by atoms with E-state index in [-0.39, 0.29) is 60.1 Å². The van der Waals surface area contributed by atoms with E-state index in [0.717, 1.165) is 6.11 Å². The van der Waals surface area contributed by atoms with Gasteiger partial charge >= 0.3 is 180 Å². The molecule has 268 valence electrons. The number of aliphatic imine (C=N–C) groups is 2. The van der Waals surface area contributed by atoms with Crippen LogP contribution in [0.25, 0.3) is 0 Å². The van der Waals surface area contributed by atoms with Crippen molar-refractivity contribution in [3.8, 4) is 0 Å². The van der Waals surface area contributed by atoms with E-state index in [1.54, 1.807) is 13.8 Å². The number of hydrogen-bond donors (Lipinski definition) is 4. The standard InChI is InChI=1S/C14H25BN2O2.C13H26N2O.C6H10BNO3.ClH/c1-10(2)13(16-9-15-19)14(18)17-11(3)12-7-5-4-6-8-12;1-9(2)12(14)13(16)15-10(3)11-7-5-4-6-8-11;1-4(2)5(6(9)10)8-3-7-11;/h9-13H,4-8H2,1-3H3,(H,17,18);9-12H,4-8,14H2,1-3H3,(H,15,16);3-5H,1-2H3,(H,9,10);1H/t11-,13+;10-,12+;5-;/m001./s1. The summed E-state index contributed by atoms with van der Waals surface area (Å²) in [6.45, 7) is 15.5. The first kappa shape index (κ1) is 46.8. The monoisotopic (exact) mass is 681 g/mol. The van der Waals surface area contributed by atoms with Crippen LogP contribution >= 0.6 is 12.4 Å². The van der Waals surface area contributed by atoms with E-state index in [4.69, 9.17) is 10.8 Å². The molecule has 0 aliphatic heterocycles. The molecular weight excluding hydrogens is 619 g/mol. The largest absolute Gasteiger partial charge is 0.147 e. The maximum Gasteiger partial charge on any atom is -0.147 e. The van der Waals surface area contributed by atoms with Crippen LogP contribution in [-0.4, -0.2) is 79.6 Å². The van der Waals surface area contributed by atoms with E-state index in [9.17, 15) is 23.8 Å². The van der Waals surface area contributed by atoms with Gasteiger partial charge in [0.05, 0.1) is 6.04 Å². The van der Waals surface area contributed by atoms with Gasteiger partial charge in [0.2, 0.25) is 5.91 Å². The van der Waals surface area contributed by atoms with Crippen LogP contribution < -0.4 is 16.4 Å². The Hall–Kier alpha value is -2.27. The summed E-state index contributed by atoms with van der Waals surface area (Å²) < 4.78 is 20.2. The average molecular weight is 682 g/mol. The molecule has 0 saturated heterocycles. The topological polar surface area (TPSA) is 180 Å². The number of nitrogens with zero attached hydrogens (tertiary/aromatic N) is 2. The Morgan fingerprint density at radius 2 is 1.02 bits per heavy atom. The van der Waals surface area contributed by atoms with Gasteiger partial charge in [-0.15, -0.1) is 12.4 Å². The molecule has 5 atom stereocenters. The van der Waals surface area contributed by atoms with Gasteiger partial charge in [0.15, 0.2) is 0 Å². The van der Waals surface area contributed by atoms with Crippen LogP contribution in [0.15, 0.2) is 9.98 Å². The van der Waals surface area contributed by atoms with Crippen LogP contribution in [0.4, 0.5) is 0 Å². The summed E-state index contributed by atoms with van der Waals surface area (Å²) in [7, 11) is 1.09. The number of nitrogens with two attached hydrogens (primary N) is 1. The minimum atomic E-state index is -1.00. The van der Waals surface area contributed by atoms with Crippen molar-refractivity contribution in [1.82, 2.24) is 10.6 Å². The Labute approximate surface area is 290 Å². The summed E-state index contributed by atoms with van der Waals surface area (Å²) >= 11 is 0. The second kappa shape index (κ2) is 26.7. The molecule has 2 rings (SSSR count). The zero-order valence-corrected chi connectivity index (χ0v) is 30.8. The minimum Gasteiger partial charge on any atom is -0.147 e. The number of carbonyl (C=O) groups is 3. The van der Waals surface area contributed by atoms with E-state index in [1.165, 1.54) is 70.3 Å². The van der Waals surface area contributed by atoms with E-state index in [0.29, 0.717) is 26.1 Å². The van der Waals surface area contributed by atoms with Crippen molar-refractivity contribution >= 4 is 56.7 Å². The van der Waals surface area contributed by atoms with Crippen LogP contribution in [0.3, 0.4) is 0 Å². The summed E-state index contributed by atoms with van der Waals surface area (Å²) in [5, 5.41) is 14.7. The van der Waals surface area contributed by atoms with Crippen molar-refractivity contribution in [3.63, 3.8) is 0 Å². The van der Waals surface area contributed by atoms with Crippen molar-refractivity contribution in [2.24, 2.45) is 45.3 Å². The van der Waals surface area contributed by atoms with Gasteiger partial charge in [-0.1, -0.05) is 33.1 Å². The second-order valence-electron chi connectivity index (χ2n) is 13.7. The molecule has 0 aromatic heterocycles. The van der Waals surface area contributed by atoms with Gasteiger partial charge in [-0.25, -0.2) is 0 Å². The zero-order chi connectivity index (χ0) is 35.2. The molecule has 0 aromatic carbocycles. The third kappa shape index (κ3) is 20.0. The third-order valence-electron chi connectivity index (χ3n) is 8.87. The number of nitrogens with one attached hydrogen (secondary N) is 2. The molecule has 2 aliphatic carbocycles. The molecule has 0 radical (unpaired) electrons. The minimum absolute atomic E-state index is 0. The van der Waals surface area contributed by atoms with Gasteiger partial charge < -0.3 is 11.1 Å². The van der Waals surface area contributed by atoms with E-state index < -0.39 is 18.1 Å². The number of amides is 2. The molecule has 47 heavy (non-hydrogen) atoms. The second-order valence-corrected chi connectivity index (χ2v) is 13.7. The van der Waals surface area contributed by atoms with Gasteiger partial charge in [-0.2, -0.15) is 0 Å². The van der Waals surface area contributed by atoms with Gasteiger partial charge in [0, 0.05) is 6.04 Å². The molecule has 11 nitrogen and oxygen atoms in total. The number of carboxylic acids is 1. The zero-order valence-electron chi connectivity index (χ0n) is 30.0. The third-order valence-corrected chi connectivity index (χ3v) is 8.87. The van der Waals surface area contributed by atoms with Crippen molar-refractivity contribution in [2.75, 3.05) is 0 Å². The quantitative estimate of drug-likeness (QED) is 0.150. The predicted molar refractivity (Wildman–Crippen MR) is 193 cm³/mol. The van der Waals surface area contributed by atoms with Crippen LogP contribution in [-0.2, 0) is 23.8 Å². The number of aliphatic carboxylic acids is 1. The molecule has 14 heteroatoms. The fraction of sp³-hybridized carbons (Fsp3) is 0.848. The first-order chi connectivity index (χ1) is 21.7.